The molecule has 0 spiro atoms. The van der Waals surface area contributed by atoms with E-state index < -0.39 is 6.10 Å². The molecule has 0 saturated heterocycles. The van der Waals surface area contributed by atoms with Crippen LogP contribution >= 0.6 is 0 Å². The average molecular weight is 182 g/mol. The smallest absolute Gasteiger partial charge is 0.136 e. The van der Waals surface area contributed by atoms with Crippen molar-refractivity contribution in [2.75, 3.05) is 13.2 Å². The Labute approximate surface area is 78.1 Å². The second kappa shape index (κ2) is 4.84. The zero-order valence-corrected chi connectivity index (χ0v) is 7.86. The van der Waals surface area contributed by atoms with Crippen molar-refractivity contribution in [3.8, 4) is 5.75 Å². The standard InChI is InChI=1S/C10H15NO2/c1-8-2-4-10(5-3-8)13-7-9(12)6-11/h2-5,9,12H,6-7,11H2,1H3/p+1/t9-/m0/s1. The van der Waals surface area contributed by atoms with Crippen molar-refractivity contribution in [1.82, 2.24) is 0 Å². The van der Waals surface area contributed by atoms with Gasteiger partial charge in [-0.25, -0.2) is 0 Å². The maximum Gasteiger partial charge on any atom is 0.136 e. The fourth-order valence-corrected chi connectivity index (χ4v) is 0.910. The van der Waals surface area contributed by atoms with Crippen LogP contribution in [-0.2, 0) is 0 Å². The lowest BCUT2D eigenvalue weighted by Gasteiger charge is -2.08. The van der Waals surface area contributed by atoms with Crippen molar-refractivity contribution in [3.63, 3.8) is 0 Å². The highest BCUT2D eigenvalue weighted by Gasteiger charge is 2.03. The molecule has 13 heavy (non-hydrogen) atoms. The highest BCUT2D eigenvalue weighted by atomic mass is 16.5. The van der Waals surface area contributed by atoms with E-state index in [4.69, 9.17) is 4.74 Å². The molecule has 1 atom stereocenters. The zero-order chi connectivity index (χ0) is 9.68. The second-order valence-corrected chi connectivity index (χ2v) is 3.07. The third-order valence-electron chi connectivity index (χ3n) is 1.80. The van der Waals surface area contributed by atoms with E-state index in [1.54, 1.807) is 0 Å². The summed E-state index contributed by atoms with van der Waals surface area (Å²) in [6.07, 6.45) is -0.471. The molecule has 0 saturated carbocycles. The summed E-state index contributed by atoms with van der Waals surface area (Å²) in [4.78, 5) is 0. The molecular formula is C10H16NO2+. The Morgan fingerprint density at radius 3 is 2.54 bits per heavy atom. The molecule has 0 heterocycles. The zero-order valence-electron chi connectivity index (χ0n) is 7.86. The number of aliphatic hydroxyl groups is 1. The van der Waals surface area contributed by atoms with Gasteiger partial charge in [0.1, 0.15) is 25.0 Å². The van der Waals surface area contributed by atoms with Gasteiger partial charge < -0.3 is 15.6 Å². The Morgan fingerprint density at radius 2 is 2.00 bits per heavy atom. The largest absolute Gasteiger partial charge is 0.491 e. The number of quaternary nitrogens is 1. The maximum atomic E-state index is 9.19. The van der Waals surface area contributed by atoms with Crippen molar-refractivity contribution in [3.05, 3.63) is 29.8 Å². The second-order valence-electron chi connectivity index (χ2n) is 3.07. The van der Waals surface area contributed by atoms with Gasteiger partial charge in [-0.1, -0.05) is 17.7 Å². The van der Waals surface area contributed by atoms with Gasteiger partial charge >= 0.3 is 0 Å². The first kappa shape index (κ1) is 10.0. The first-order valence-electron chi connectivity index (χ1n) is 4.39. The highest BCUT2D eigenvalue weighted by molar-refractivity contribution is 5.26. The molecule has 72 valence electrons. The average Bonchev–Trinajstić information content (AvgIpc) is 2.16. The van der Waals surface area contributed by atoms with Gasteiger partial charge in [0.05, 0.1) is 0 Å². The molecule has 1 rings (SSSR count). The molecule has 0 amide bonds. The molecule has 0 unspecified atom stereocenters. The minimum Gasteiger partial charge on any atom is -0.491 e. The molecule has 0 aliphatic heterocycles. The van der Waals surface area contributed by atoms with Gasteiger partial charge in [-0.15, -0.1) is 0 Å². The van der Waals surface area contributed by atoms with Crippen LogP contribution in [0.2, 0.25) is 0 Å². The van der Waals surface area contributed by atoms with Gasteiger partial charge in [0, 0.05) is 0 Å². The molecule has 0 radical (unpaired) electrons. The van der Waals surface area contributed by atoms with E-state index in [1.807, 2.05) is 31.2 Å². The minimum atomic E-state index is -0.471. The van der Waals surface area contributed by atoms with Crippen LogP contribution in [0.15, 0.2) is 24.3 Å². The normalized spacial score (nSPS) is 12.5. The molecule has 3 heteroatoms. The fraction of sp³-hybridized carbons (Fsp3) is 0.400. The summed E-state index contributed by atoms with van der Waals surface area (Å²) in [5.41, 5.74) is 4.78. The molecule has 3 nitrogen and oxygen atoms in total. The van der Waals surface area contributed by atoms with Crippen molar-refractivity contribution in [2.45, 2.75) is 13.0 Å². The molecule has 1 aromatic carbocycles. The third-order valence-corrected chi connectivity index (χ3v) is 1.80. The van der Waals surface area contributed by atoms with Crippen LogP contribution in [0.4, 0.5) is 0 Å². The molecule has 1 aromatic rings. The van der Waals surface area contributed by atoms with Gasteiger partial charge in [-0.05, 0) is 19.1 Å². The van der Waals surface area contributed by atoms with Crippen molar-refractivity contribution < 1.29 is 15.6 Å². The lowest BCUT2D eigenvalue weighted by molar-refractivity contribution is -0.384. The van der Waals surface area contributed by atoms with Crippen molar-refractivity contribution >= 4 is 0 Å². The fourth-order valence-electron chi connectivity index (χ4n) is 0.910. The number of benzene rings is 1. The van der Waals surface area contributed by atoms with E-state index >= 15 is 0 Å². The first-order valence-corrected chi connectivity index (χ1v) is 4.39. The van der Waals surface area contributed by atoms with Crippen LogP contribution in [-0.4, -0.2) is 24.4 Å². The van der Waals surface area contributed by atoms with Crippen LogP contribution < -0.4 is 10.5 Å². The Balaban J connectivity index is 2.41. The van der Waals surface area contributed by atoms with E-state index in [1.165, 1.54) is 5.56 Å². The number of ether oxygens (including phenoxy) is 1. The molecule has 0 bridgehead atoms. The van der Waals surface area contributed by atoms with Crippen LogP contribution in [0, 0.1) is 6.92 Å². The number of hydrogen-bond acceptors (Lipinski definition) is 2. The lowest BCUT2D eigenvalue weighted by atomic mass is 10.2. The topological polar surface area (TPSA) is 57.1 Å². The van der Waals surface area contributed by atoms with Gasteiger partial charge in [0.15, 0.2) is 0 Å². The monoisotopic (exact) mass is 182 g/mol. The lowest BCUT2D eigenvalue weighted by Crippen LogP contribution is -2.56. The van der Waals surface area contributed by atoms with Gasteiger partial charge in [0.2, 0.25) is 0 Å². The molecule has 0 fully saturated rings. The molecular weight excluding hydrogens is 166 g/mol. The van der Waals surface area contributed by atoms with Gasteiger partial charge in [-0.3, -0.25) is 0 Å². The summed E-state index contributed by atoms with van der Waals surface area (Å²) in [5.74, 6) is 0.790. The summed E-state index contributed by atoms with van der Waals surface area (Å²) in [7, 11) is 0. The SMILES string of the molecule is Cc1ccc(OC[C@@H](O)C[NH3+])cc1. The van der Waals surface area contributed by atoms with Gasteiger partial charge in [-0.2, -0.15) is 0 Å². The number of aryl methyl sites for hydroxylation is 1. The van der Waals surface area contributed by atoms with E-state index in [0.717, 1.165) is 5.75 Å². The van der Waals surface area contributed by atoms with Crippen LogP contribution in [0.3, 0.4) is 0 Å². The highest BCUT2D eigenvalue weighted by Crippen LogP contribution is 2.11. The Bertz CT molecular complexity index is 246. The summed E-state index contributed by atoms with van der Waals surface area (Å²) >= 11 is 0. The Morgan fingerprint density at radius 1 is 1.38 bits per heavy atom. The van der Waals surface area contributed by atoms with E-state index in [0.29, 0.717) is 13.2 Å². The molecule has 0 aromatic heterocycles. The predicted octanol–water partition coefficient (Wildman–Crippen LogP) is -0.0234. The van der Waals surface area contributed by atoms with Crippen LogP contribution in [0.5, 0.6) is 5.75 Å². The predicted molar refractivity (Wildman–Crippen MR) is 50.4 cm³/mol. The van der Waals surface area contributed by atoms with E-state index in [-0.39, 0.29) is 0 Å². The summed E-state index contributed by atoms with van der Waals surface area (Å²) in [6, 6.07) is 7.74. The van der Waals surface area contributed by atoms with Crippen LogP contribution in [0.25, 0.3) is 0 Å². The number of rotatable bonds is 4. The van der Waals surface area contributed by atoms with E-state index in [9.17, 15) is 5.11 Å². The number of hydrogen-bond donors (Lipinski definition) is 2. The Hall–Kier alpha value is -1.06. The van der Waals surface area contributed by atoms with Crippen molar-refractivity contribution in [1.29, 1.82) is 0 Å². The molecule has 0 aliphatic rings. The van der Waals surface area contributed by atoms with Crippen LogP contribution in [0.1, 0.15) is 5.56 Å². The van der Waals surface area contributed by atoms with E-state index in [2.05, 4.69) is 5.73 Å². The van der Waals surface area contributed by atoms with Gasteiger partial charge in [0.25, 0.3) is 0 Å². The minimum absolute atomic E-state index is 0.312. The molecule has 0 aliphatic carbocycles. The maximum absolute atomic E-state index is 9.19. The number of aliphatic hydroxyl groups excluding tert-OH is 1. The Kier molecular flexibility index (Phi) is 3.73. The molecule has 4 N–H and O–H groups in total. The third kappa shape index (κ3) is 3.44. The summed E-state index contributed by atoms with van der Waals surface area (Å²) < 4.78 is 5.32. The summed E-state index contributed by atoms with van der Waals surface area (Å²) in [6.45, 7) is 2.81. The summed E-state index contributed by atoms with van der Waals surface area (Å²) in [5, 5.41) is 9.19. The van der Waals surface area contributed by atoms with Crippen molar-refractivity contribution in [2.24, 2.45) is 0 Å². The first-order chi connectivity index (χ1) is 6.22. The quantitative estimate of drug-likeness (QED) is 0.687.